The molecular weight excluding hydrogens is 368 g/mol. The minimum Gasteiger partial charge on any atom is -0.497 e. The number of thioether (sulfide) groups is 1. The predicted molar refractivity (Wildman–Crippen MR) is 102 cm³/mol. The van der Waals surface area contributed by atoms with Crippen molar-refractivity contribution in [2.45, 2.75) is 5.16 Å². The number of nitrogens with zero attached hydrogens (tertiary/aromatic N) is 4. The van der Waals surface area contributed by atoms with E-state index in [-0.39, 0.29) is 11.7 Å². The second-order valence-corrected chi connectivity index (χ2v) is 6.26. The Kier molecular flexibility index (Phi) is 5.77. The largest absolute Gasteiger partial charge is 0.497 e. The Morgan fingerprint density at radius 1 is 1.26 bits per heavy atom. The molecule has 0 radical (unpaired) electrons. The third kappa shape index (κ3) is 4.29. The van der Waals surface area contributed by atoms with Gasteiger partial charge in [0, 0.05) is 24.0 Å². The second-order valence-electron chi connectivity index (χ2n) is 5.32. The standard InChI is InChI=1S/C17H18N6O3S/c1-25-12-5-6-14(26-2)13(8-12)20-15(24)10-27-17-22-21-16(23(17)18)11-4-3-7-19-9-11/h3-9H,10,18H2,1-2H3,(H,20,24). The quantitative estimate of drug-likeness (QED) is 0.466. The van der Waals surface area contributed by atoms with Gasteiger partial charge in [-0.1, -0.05) is 11.8 Å². The summed E-state index contributed by atoms with van der Waals surface area (Å²) in [7, 11) is 3.08. The Labute approximate surface area is 159 Å². The van der Waals surface area contributed by atoms with E-state index in [2.05, 4.69) is 20.5 Å². The van der Waals surface area contributed by atoms with Crippen molar-refractivity contribution in [3.8, 4) is 22.9 Å². The first kappa shape index (κ1) is 18.5. The van der Waals surface area contributed by atoms with Crippen LogP contribution < -0.4 is 20.6 Å². The van der Waals surface area contributed by atoms with Gasteiger partial charge in [0.25, 0.3) is 0 Å². The van der Waals surface area contributed by atoms with Crippen molar-refractivity contribution in [2.24, 2.45) is 0 Å². The number of nitrogens with one attached hydrogen (secondary N) is 1. The number of hydrogen-bond donors (Lipinski definition) is 2. The molecule has 0 atom stereocenters. The average Bonchev–Trinajstić information content (AvgIpc) is 3.07. The Morgan fingerprint density at radius 3 is 2.81 bits per heavy atom. The summed E-state index contributed by atoms with van der Waals surface area (Å²) in [6, 6.07) is 8.77. The zero-order valence-corrected chi connectivity index (χ0v) is 15.6. The summed E-state index contributed by atoms with van der Waals surface area (Å²) in [6.45, 7) is 0. The summed E-state index contributed by atoms with van der Waals surface area (Å²) in [6.07, 6.45) is 3.30. The molecule has 2 aromatic heterocycles. The van der Waals surface area contributed by atoms with E-state index in [1.54, 1.807) is 43.8 Å². The number of aromatic nitrogens is 4. The van der Waals surface area contributed by atoms with Crippen LogP contribution in [0.25, 0.3) is 11.4 Å². The topological polar surface area (TPSA) is 117 Å². The molecule has 0 fully saturated rings. The molecule has 10 heteroatoms. The number of hydrogen-bond acceptors (Lipinski definition) is 8. The summed E-state index contributed by atoms with van der Waals surface area (Å²) >= 11 is 1.17. The van der Waals surface area contributed by atoms with Gasteiger partial charge in [-0.25, -0.2) is 4.68 Å². The lowest BCUT2D eigenvalue weighted by molar-refractivity contribution is -0.113. The molecule has 0 aliphatic carbocycles. The van der Waals surface area contributed by atoms with Crippen LogP contribution in [0.5, 0.6) is 11.5 Å². The van der Waals surface area contributed by atoms with Gasteiger partial charge in [-0.3, -0.25) is 9.78 Å². The van der Waals surface area contributed by atoms with Crippen LogP contribution in [0.15, 0.2) is 47.9 Å². The number of amides is 1. The third-order valence-electron chi connectivity index (χ3n) is 3.60. The summed E-state index contributed by atoms with van der Waals surface area (Å²) in [5, 5.41) is 11.3. The lowest BCUT2D eigenvalue weighted by Crippen LogP contribution is -2.17. The first-order chi connectivity index (χ1) is 13.1. The lowest BCUT2D eigenvalue weighted by Gasteiger charge is -2.11. The van der Waals surface area contributed by atoms with Crippen molar-refractivity contribution in [1.82, 2.24) is 19.9 Å². The number of methoxy groups -OCH3 is 2. The number of benzene rings is 1. The average molecular weight is 386 g/mol. The highest BCUT2D eigenvalue weighted by atomic mass is 32.2. The molecule has 0 aliphatic heterocycles. The van der Waals surface area contributed by atoms with Crippen LogP contribution in [0.4, 0.5) is 5.69 Å². The molecule has 0 saturated carbocycles. The monoisotopic (exact) mass is 386 g/mol. The Hall–Kier alpha value is -3.27. The molecule has 3 N–H and O–H groups in total. The molecule has 3 aromatic rings. The van der Waals surface area contributed by atoms with Crippen molar-refractivity contribution in [3.05, 3.63) is 42.7 Å². The SMILES string of the molecule is COc1ccc(OC)c(NC(=O)CSc2nnc(-c3cccnc3)n2N)c1. The van der Waals surface area contributed by atoms with Gasteiger partial charge in [0.05, 0.1) is 25.7 Å². The van der Waals surface area contributed by atoms with Gasteiger partial charge in [-0.05, 0) is 24.3 Å². The molecule has 1 aromatic carbocycles. The molecule has 0 saturated heterocycles. The highest BCUT2D eigenvalue weighted by Gasteiger charge is 2.15. The normalized spacial score (nSPS) is 10.4. The van der Waals surface area contributed by atoms with Gasteiger partial charge in [0.15, 0.2) is 5.82 Å². The molecule has 0 unspecified atom stereocenters. The minimum absolute atomic E-state index is 0.0999. The van der Waals surface area contributed by atoms with E-state index in [1.807, 2.05) is 6.07 Å². The number of rotatable bonds is 7. The van der Waals surface area contributed by atoms with E-state index in [1.165, 1.54) is 23.5 Å². The van der Waals surface area contributed by atoms with Gasteiger partial charge in [0.2, 0.25) is 11.1 Å². The number of ether oxygens (including phenoxy) is 2. The Balaban J connectivity index is 1.66. The van der Waals surface area contributed by atoms with Crippen molar-refractivity contribution >= 4 is 23.4 Å². The van der Waals surface area contributed by atoms with Crippen LogP contribution in [-0.2, 0) is 4.79 Å². The summed E-state index contributed by atoms with van der Waals surface area (Å²) < 4.78 is 11.8. The highest BCUT2D eigenvalue weighted by molar-refractivity contribution is 7.99. The third-order valence-corrected chi connectivity index (χ3v) is 4.54. The van der Waals surface area contributed by atoms with Gasteiger partial charge in [0.1, 0.15) is 11.5 Å². The molecule has 0 bridgehead atoms. The number of nitrogen functional groups attached to an aromatic ring is 1. The van der Waals surface area contributed by atoms with Crippen LogP contribution in [0.1, 0.15) is 0 Å². The minimum atomic E-state index is -0.238. The van der Waals surface area contributed by atoms with Crippen LogP contribution in [0.2, 0.25) is 0 Å². The zero-order chi connectivity index (χ0) is 19.2. The Bertz CT molecular complexity index is 932. The molecule has 3 rings (SSSR count). The summed E-state index contributed by atoms with van der Waals surface area (Å²) in [4.78, 5) is 16.3. The van der Waals surface area contributed by atoms with Crippen molar-refractivity contribution in [2.75, 3.05) is 31.1 Å². The predicted octanol–water partition coefficient (Wildman–Crippen LogP) is 1.80. The van der Waals surface area contributed by atoms with E-state index in [0.29, 0.717) is 28.2 Å². The summed E-state index contributed by atoms with van der Waals surface area (Å²) in [5.41, 5.74) is 1.26. The number of carbonyl (C=O) groups excluding carboxylic acids is 1. The molecule has 2 heterocycles. The van der Waals surface area contributed by atoms with Gasteiger partial charge >= 0.3 is 0 Å². The first-order valence-electron chi connectivity index (χ1n) is 7.88. The summed E-state index contributed by atoms with van der Waals surface area (Å²) in [5.74, 6) is 7.52. The number of nitrogens with two attached hydrogens (primary N) is 1. The van der Waals surface area contributed by atoms with Gasteiger partial charge in [-0.2, -0.15) is 0 Å². The van der Waals surface area contributed by atoms with E-state index < -0.39 is 0 Å². The highest BCUT2D eigenvalue weighted by Crippen LogP contribution is 2.29. The van der Waals surface area contributed by atoms with Crippen LogP contribution in [0.3, 0.4) is 0 Å². The number of pyridine rings is 1. The number of carbonyl (C=O) groups is 1. The van der Waals surface area contributed by atoms with Crippen LogP contribution in [0, 0.1) is 0 Å². The maximum absolute atomic E-state index is 12.3. The molecule has 140 valence electrons. The molecule has 1 amide bonds. The molecule has 0 aliphatic rings. The first-order valence-corrected chi connectivity index (χ1v) is 8.86. The van der Waals surface area contributed by atoms with Crippen molar-refractivity contribution in [3.63, 3.8) is 0 Å². The Morgan fingerprint density at radius 2 is 2.11 bits per heavy atom. The molecule has 0 spiro atoms. The van der Waals surface area contributed by atoms with Crippen molar-refractivity contribution < 1.29 is 14.3 Å². The van der Waals surface area contributed by atoms with Gasteiger partial charge in [-0.15, -0.1) is 10.2 Å². The van der Waals surface area contributed by atoms with E-state index in [4.69, 9.17) is 15.3 Å². The van der Waals surface area contributed by atoms with Crippen molar-refractivity contribution in [1.29, 1.82) is 0 Å². The van der Waals surface area contributed by atoms with E-state index in [0.717, 1.165) is 5.56 Å². The van der Waals surface area contributed by atoms with Crippen LogP contribution in [-0.4, -0.2) is 45.7 Å². The fourth-order valence-corrected chi connectivity index (χ4v) is 2.95. The number of anilines is 1. The zero-order valence-electron chi connectivity index (χ0n) is 14.7. The van der Waals surface area contributed by atoms with E-state index in [9.17, 15) is 4.79 Å². The molecular formula is C17H18N6O3S. The molecule has 9 nitrogen and oxygen atoms in total. The fraction of sp³-hybridized carbons (Fsp3) is 0.176. The van der Waals surface area contributed by atoms with E-state index >= 15 is 0 Å². The maximum Gasteiger partial charge on any atom is 0.234 e. The lowest BCUT2D eigenvalue weighted by atomic mass is 10.2. The molecule has 27 heavy (non-hydrogen) atoms. The smallest absolute Gasteiger partial charge is 0.234 e. The van der Waals surface area contributed by atoms with Crippen LogP contribution >= 0.6 is 11.8 Å². The second kappa shape index (κ2) is 8.41. The fourth-order valence-electron chi connectivity index (χ4n) is 2.30. The van der Waals surface area contributed by atoms with Gasteiger partial charge < -0.3 is 20.6 Å². The maximum atomic E-state index is 12.3.